The maximum absolute atomic E-state index is 13.2. The Labute approximate surface area is 152 Å². The second-order valence-corrected chi connectivity index (χ2v) is 5.81. The maximum atomic E-state index is 13.2. The Morgan fingerprint density at radius 2 is 1.96 bits per heavy atom. The molecule has 1 heterocycles. The lowest BCUT2D eigenvalue weighted by Gasteiger charge is -2.25. The molecule has 1 N–H and O–H groups in total. The number of hydrogen-bond donors (Lipinski definition) is 1. The van der Waals surface area contributed by atoms with Gasteiger partial charge in [-0.05, 0) is 50.0 Å². The lowest BCUT2D eigenvalue weighted by molar-refractivity contribution is 0.0941. The van der Waals surface area contributed by atoms with Gasteiger partial charge in [0, 0.05) is 12.1 Å². The number of amides is 1. The Bertz CT molecular complexity index is 755. The summed E-state index contributed by atoms with van der Waals surface area (Å²) >= 11 is 0. The zero-order valence-corrected chi connectivity index (χ0v) is 14.8. The Kier molecular flexibility index (Phi) is 6.22. The molecule has 134 valence electrons. The number of likely N-dealkylation sites (N-methyl/N-ethyl adjacent to an activating group) is 1. The molecule has 0 aliphatic carbocycles. The summed E-state index contributed by atoms with van der Waals surface area (Å²) in [6.45, 7) is 0.615. The first kappa shape index (κ1) is 19.0. The number of nitrogens with one attached hydrogen (secondary N) is 1. The van der Waals surface area contributed by atoms with Gasteiger partial charge in [0.25, 0.3) is 5.91 Å². The van der Waals surface area contributed by atoms with Crippen molar-refractivity contribution in [3.63, 3.8) is 0 Å². The van der Waals surface area contributed by atoms with Crippen molar-refractivity contribution < 1.29 is 18.7 Å². The van der Waals surface area contributed by atoms with Crippen LogP contribution in [0.5, 0.6) is 11.5 Å². The largest absolute Gasteiger partial charge is 0.454 e. The van der Waals surface area contributed by atoms with E-state index in [2.05, 4.69) is 5.32 Å². The second-order valence-electron chi connectivity index (χ2n) is 5.81. The van der Waals surface area contributed by atoms with Gasteiger partial charge in [-0.1, -0.05) is 12.1 Å². The van der Waals surface area contributed by atoms with Gasteiger partial charge in [0.1, 0.15) is 5.82 Å². The van der Waals surface area contributed by atoms with Gasteiger partial charge in [-0.2, -0.15) is 0 Å². The highest BCUT2D eigenvalue weighted by Crippen LogP contribution is 2.34. The fraction of sp³-hybridized carbons (Fsp3) is 0.278. The third kappa shape index (κ3) is 4.41. The molecule has 1 amide bonds. The summed E-state index contributed by atoms with van der Waals surface area (Å²) in [5.74, 6) is 0.695. The molecule has 1 unspecified atom stereocenters. The van der Waals surface area contributed by atoms with Gasteiger partial charge < -0.3 is 19.7 Å². The average Bonchev–Trinajstić information content (AvgIpc) is 3.02. The Morgan fingerprint density at radius 3 is 2.68 bits per heavy atom. The van der Waals surface area contributed by atoms with Gasteiger partial charge in [-0.3, -0.25) is 4.79 Å². The van der Waals surface area contributed by atoms with E-state index in [0.29, 0.717) is 17.9 Å². The molecule has 2 aromatic carbocycles. The summed E-state index contributed by atoms with van der Waals surface area (Å²) < 4.78 is 24.0. The molecular weight excluding hydrogens is 347 g/mol. The molecule has 1 aliphatic rings. The highest BCUT2D eigenvalue weighted by Gasteiger charge is 2.20. The van der Waals surface area contributed by atoms with Crippen molar-refractivity contribution in [2.75, 3.05) is 27.4 Å². The van der Waals surface area contributed by atoms with Crippen molar-refractivity contribution in [2.24, 2.45) is 0 Å². The Morgan fingerprint density at radius 1 is 1.20 bits per heavy atom. The molecule has 2 aromatic rings. The fourth-order valence-electron chi connectivity index (χ4n) is 2.64. The number of ether oxygens (including phenoxy) is 2. The second kappa shape index (κ2) is 8.18. The van der Waals surface area contributed by atoms with E-state index in [1.807, 2.05) is 37.2 Å². The molecule has 1 aliphatic heterocycles. The van der Waals surface area contributed by atoms with Crippen LogP contribution >= 0.6 is 12.4 Å². The molecule has 0 aromatic heterocycles. The van der Waals surface area contributed by atoms with E-state index in [4.69, 9.17) is 9.47 Å². The summed E-state index contributed by atoms with van der Waals surface area (Å²) in [6.07, 6.45) is 0. The number of hydrogen-bond acceptors (Lipinski definition) is 4. The van der Waals surface area contributed by atoms with Crippen molar-refractivity contribution in [2.45, 2.75) is 6.04 Å². The van der Waals surface area contributed by atoms with E-state index in [1.54, 1.807) is 6.07 Å². The number of fused-ring (bicyclic) bond motifs is 1. The van der Waals surface area contributed by atoms with Crippen LogP contribution in [0.25, 0.3) is 0 Å². The highest BCUT2D eigenvalue weighted by atomic mass is 35.5. The minimum absolute atomic E-state index is 0. The van der Waals surface area contributed by atoms with Gasteiger partial charge in [-0.25, -0.2) is 4.39 Å². The summed E-state index contributed by atoms with van der Waals surface area (Å²) in [7, 11) is 3.87. The molecule has 3 rings (SSSR count). The van der Waals surface area contributed by atoms with E-state index in [9.17, 15) is 9.18 Å². The van der Waals surface area contributed by atoms with E-state index in [-0.39, 0.29) is 31.1 Å². The topological polar surface area (TPSA) is 50.8 Å². The van der Waals surface area contributed by atoms with E-state index >= 15 is 0 Å². The standard InChI is InChI=1S/C18H19FN2O3.ClH/c1-21(2)15(12-6-7-16-17(9-12)24-11-23-16)10-20-18(22)13-4-3-5-14(19)8-13;/h3-9,15H,10-11H2,1-2H3,(H,20,22);1H. The quantitative estimate of drug-likeness (QED) is 0.883. The van der Waals surface area contributed by atoms with Crippen LogP contribution in [-0.2, 0) is 0 Å². The predicted molar refractivity (Wildman–Crippen MR) is 95.0 cm³/mol. The van der Waals surface area contributed by atoms with Gasteiger partial charge in [0.05, 0.1) is 6.04 Å². The van der Waals surface area contributed by atoms with Gasteiger partial charge >= 0.3 is 0 Å². The number of nitrogens with zero attached hydrogens (tertiary/aromatic N) is 1. The Hall–Kier alpha value is -2.31. The minimum atomic E-state index is -0.428. The van der Waals surface area contributed by atoms with Crippen LogP contribution in [0.4, 0.5) is 4.39 Å². The van der Waals surface area contributed by atoms with Crippen LogP contribution < -0.4 is 14.8 Å². The number of benzene rings is 2. The minimum Gasteiger partial charge on any atom is -0.454 e. The number of rotatable bonds is 5. The average molecular weight is 367 g/mol. The zero-order chi connectivity index (χ0) is 17.1. The third-order valence-corrected chi connectivity index (χ3v) is 3.95. The van der Waals surface area contributed by atoms with Crippen molar-refractivity contribution in [3.05, 3.63) is 59.4 Å². The molecule has 0 fully saturated rings. The van der Waals surface area contributed by atoms with Crippen LogP contribution in [0.15, 0.2) is 42.5 Å². The molecule has 0 spiro atoms. The van der Waals surface area contributed by atoms with E-state index in [1.165, 1.54) is 18.2 Å². The molecule has 1 atom stereocenters. The molecule has 0 saturated heterocycles. The van der Waals surface area contributed by atoms with Crippen molar-refractivity contribution in [1.82, 2.24) is 10.2 Å². The lowest BCUT2D eigenvalue weighted by Crippen LogP contribution is -2.34. The van der Waals surface area contributed by atoms with Crippen molar-refractivity contribution in [3.8, 4) is 11.5 Å². The molecule has 5 nitrogen and oxygen atoms in total. The van der Waals surface area contributed by atoms with Crippen LogP contribution in [-0.4, -0.2) is 38.2 Å². The zero-order valence-electron chi connectivity index (χ0n) is 14.0. The number of carbonyl (C=O) groups is 1. The molecule has 0 saturated carbocycles. The normalized spacial score (nSPS) is 13.3. The van der Waals surface area contributed by atoms with E-state index in [0.717, 1.165) is 11.3 Å². The highest BCUT2D eigenvalue weighted by molar-refractivity contribution is 5.94. The monoisotopic (exact) mass is 366 g/mol. The smallest absolute Gasteiger partial charge is 0.251 e. The Balaban J connectivity index is 0.00000225. The van der Waals surface area contributed by atoms with Crippen molar-refractivity contribution >= 4 is 18.3 Å². The number of halogens is 2. The summed E-state index contributed by atoms with van der Waals surface area (Å²) in [4.78, 5) is 14.2. The summed E-state index contributed by atoms with van der Waals surface area (Å²) in [5, 5.41) is 2.85. The van der Waals surface area contributed by atoms with Crippen LogP contribution in [0.3, 0.4) is 0 Å². The van der Waals surface area contributed by atoms with Crippen LogP contribution in [0, 0.1) is 5.82 Å². The third-order valence-electron chi connectivity index (χ3n) is 3.95. The SMILES string of the molecule is CN(C)C(CNC(=O)c1cccc(F)c1)c1ccc2c(c1)OCO2.Cl. The van der Waals surface area contributed by atoms with Gasteiger partial charge in [0.15, 0.2) is 11.5 Å². The van der Waals surface area contributed by atoms with Crippen LogP contribution in [0.2, 0.25) is 0 Å². The van der Waals surface area contributed by atoms with Gasteiger partial charge in [-0.15, -0.1) is 12.4 Å². The van der Waals surface area contributed by atoms with Crippen molar-refractivity contribution in [1.29, 1.82) is 0 Å². The lowest BCUT2D eigenvalue weighted by atomic mass is 10.0. The molecular formula is C18H20ClFN2O3. The van der Waals surface area contributed by atoms with Gasteiger partial charge in [0.2, 0.25) is 6.79 Å². The predicted octanol–water partition coefficient (Wildman–Crippen LogP) is 3.01. The fourth-order valence-corrected chi connectivity index (χ4v) is 2.64. The summed E-state index contributed by atoms with van der Waals surface area (Å²) in [6, 6.07) is 11.3. The molecule has 0 radical (unpaired) electrons. The number of carbonyl (C=O) groups excluding carboxylic acids is 1. The molecule has 0 bridgehead atoms. The van der Waals surface area contributed by atoms with Crippen LogP contribution in [0.1, 0.15) is 22.0 Å². The molecule has 25 heavy (non-hydrogen) atoms. The molecule has 7 heteroatoms. The van der Waals surface area contributed by atoms with E-state index < -0.39 is 5.82 Å². The first-order valence-corrected chi connectivity index (χ1v) is 7.64. The maximum Gasteiger partial charge on any atom is 0.251 e. The first-order chi connectivity index (χ1) is 11.5. The summed E-state index contributed by atoms with van der Waals surface area (Å²) in [5.41, 5.74) is 1.31. The first-order valence-electron chi connectivity index (χ1n) is 7.64.